The van der Waals surface area contributed by atoms with Crippen LogP contribution in [0.1, 0.15) is 21.7 Å². The largest absolute Gasteiger partial charge is 0.497 e. The average Bonchev–Trinajstić information content (AvgIpc) is 2.68. The van der Waals surface area contributed by atoms with Crippen LogP contribution < -0.4 is 15.0 Å². The van der Waals surface area contributed by atoms with Crippen molar-refractivity contribution in [1.82, 2.24) is 15.3 Å². The van der Waals surface area contributed by atoms with Crippen molar-refractivity contribution in [3.63, 3.8) is 0 Å². The number of aromatic nitrogens is 2. The average molecular weight is 356 g/mol. The molecule has 138 valence electrons. The molecule has 0 spiro atoms. The Labute approximate surface area is 153 Å². The third kappa shape index (κ3) is 4.70. The highest BCUT2D eigenvalue weighted by Crippen LogP contribution is 2.14. The second kappa shape index (κ2) is 8.62. The lowest BCUT2D eigenvalue weighted by Crippen LogP contribution is -2.38. The highest BCUT2D eigenvalue weighted by Gasteiger charge is 2.17. The molecular weight excluding hydrogens is 332 g/mol. The topological polar surface area (TPSA) is 76.6 Å². The number of benzene rings is 1. The van der Waals surface area contributed by atoms with Gasteiger partial charge in [0.05, 0.1) is 20.3 Å². The normalized spacial score (nSPS) is 14.2. The Balaban J connectivity index is 1.61. The van der Waals surface area contributed by atoms with Gasteiger partial charge >= 0.3 is 0 Å². The van der Waals surface area contributed by atoms with Gasteiger partial charge in [0.1, 0.15) is 11.4 Å². The van der Waals surface area contributed by atoms with E-state index in [4.69, 9.17) is 9.47 Å². The van der Waals surface area contributed by atoms with Crippen LogP contribution in [0.15, 0.2) is 30.3 Å². The van der Waals surface area contributed by atoms with E-state index < -0.39 is 0 Å². The molecule has 0 bridgehead atoms. The molecule has 7 nitrogen and oxygen atoms in total. The quantitative estimate of drug-likeness (QED) is 0.847. The molecule has 1 amide bonds. The van der Waals surface area contributed by atoms with Crippen molar-refractivity contribution < 1.29 is 14.3 Å². The first-order chi connectivity index (χ1) is 12.7. The van der Waals surface area contributed by atoms with E-state index in [2.05, 4.69) is 15.3 Å². The molecule has 1 aromatic heterocycles. The summed E-state index contributed by atoms with van der Waals surface area (Å²) in [6.45, 7) is 5.18. The van der Waals surface area contributed by atoms with Crippen LogP contribution in [0, 0.1) is 6.92 Å². The second-order valence-corrected chi connectivity index (χ2v) is 6.15. The number of aryl methyl sites for hydroxylation is 1. The molecule has 0 radical (unpaired) electrons. The highest BCUT2D eigenvalue weighted by atomic mass is 16.5. The standard InChI is InChI=1S/C19H24N4O3/c1-14-12-17(22-19(21-14)23-8-10-26-11-9-23)18(24)20-7-6-15-4-3-5-16(13-15)25-2/h3-5,12-13H,6-11H2,1-2H3,(H,20,24). The molecule has 7 heteroatoms. The molecule has 1 saturated heterocycles. The van der Waals surface area contributed by atoms with Gasteiger partial charge in [0.25, 0.3) is 5.91 Å². The smallest absolute Gasteiger partial charge is 0.270 e. The van der Waals surface area contributed by atoms with Crippen molar-refractivity contribution in [2.24, 2.45) is 0 Å². The van der Waals surface area contributed by atoms with E-state index in [1.807, 2.05) is 36.1 Å². The number of hydrogen-bond donors (Lipinski definition) is 1. The predicted octanol–water partition coefficient (Wildman–Crippen LogP) is 1.60. The van der Waals surface area contributed by atoms with E-state index >= 15 is 0 Å². The van der Waals surface area contributed by atoms with E-state index in [1.54, 1.807) is 13.2 Å². The summed E-state index contributed by atoms with van der Waals surface area (Å²) in [5.74, 6) is 1.22. The molecule has 1 fully saturated rings. The first kappa shape index (κ1) is 18.1. The Morgan fingerprint density at radius 3 is 2.85 bits per heavy atom. The zero-order chi connectivity index (χ0) is 18.4. The molecule has 1 N–H and O–H groups in total. The van der Waals surface area contributed by atoms with Crippen LogP contribution in [0.4, 0.5) is 5.95 Å². The minimum atomic E-state index is -0.187. The number of hydrogen-bond acceptors (Lipinski definition) is 6. The summed E-state index contributed by atoms with van der Waals surface area (Å²) < 4.78 is 10.6. The summed E-state index contributed by atoms with van der Waals surface area (Å²) in [6, 6.07) is 9.54. The second-order valence-electron chi connectivity index (χ2n) is 6.15. The fraction of sp³-hybridized carbons (Fsp3) is 0.421. The summed E-state index contributed by atoms with van der Waals surface area (Å²) >= 11 is 0. The number of carbonyl (C=O) groups is 1. The van der Waals surface area contributed by atoms with E-state index in [0.717, 1.165) is 36.5 Å². The Morgan fingerprint density at radius 2 is 2.08 bits per heavy atom. The highest BCUT2D eigenvalue weighted by molar-refractivity contribution is 5.92. The molecule has 0 atom stereocenters. The number of anilines is 1. The van der Waals surface area contributed by atoms with Gasteiger partial charge in [-0.15, -0.1) is 0 Å². The lowest BCUT2D eigenvalue weighted by Gasteiger charge is -2.27. The third-order valence-corrected chi connectivity index (χ3v) is 4.20. The van der Waals surface area contributed by atoms with Gasteiger partial charge in [-0.1, -0.05) is 12.1 Å². The van der Waals surface area contributed by atoms with Crippen molar-refractivity contribution in [3.05, 3.63) is 47.3 Å². The van der Waals surface area contributed by atoms with Gasteiger partial charge in [0, 0.05) is 25.3 Å². The Hall–Kier alpha value is -2.67. The maximum absolute atomic E-state index is 12.5. The van der Waals surface area contributed by atoms with E-state index in [-0.39, 0.29) is 5.91 Å². The van der Waals surface area contributed by atoms with Crippen LogP contribution in [0.25, 0.3) is 0 Å². The summed E-state index contributed by atoms with van der Waals surface area (Å²) in [7, 11) is 1.64. The lowest BCUT2D eigenvalue weighted by molar-refractivity contribution is 0.0948. The molecule has 3 rings (SSSR count). The number of morpholine rings is 1. The van der Waals surface area contributed by atoms with Crippen LogP contribution in [0.2, 0.25) is 0 Å². The van der Waals surface area contributed by atoms with Gasteiger partial charge in [-0.25, -0.2) is 9.97 Å². The predicted molar refractivity (Wildman–Crippen MR) is 98.8 cm³/mol. The third-order valence-electron chi connectivity index (χ3n) is 4.20. The van der Waals surface area contributed by atoms with Gasteiger partial charge in [0.2, 0.25) is 5.95 Å². The first-order valence-corrected chi connectivity index (χ1v) is 8.75. The lowest BCUT2D eigenvalue weighted by atomic mass is 10.1. The van der Waals surface area contributed by atoms with Crippen LogP contribution >= 0.6 is 0 Å². The van der Waals surface area contributed by atoms with Gasteiger partial charge < -0.3 is 19.7 Å². The monoisotopic (exact) mass is 356 g/mol. The van der Waals surface area contributed by atoms with Crippen LogP contribution in [0.3, 0.4) is 0 Å². The van der Waals surface area contributed by atoms with Crippen LogP contribution in [-0.2, 0) is 11.2 Å². The van der Waals surface area contributed by atoms with Gasteiger partial charge in [-0.05, 0) is 37.1 Å². The molecule has 0 aliphatic carbocycles. The van der Waals surface area contributed by atoms with Crippen LogP contribution in [0.5, 0.6) is 5.75 Å². The van der Waals surface area contributed by atoms with Crippen molar-refractivity contribution in [2.45, 2.75) is 13.3 Å². The Kier molecular flexibility index (Phi) is 6.01. The fourth-order valence-corrected chi connectivity index (χ4v) is 2.81. The van der Waals surface area contributed by atoms with Gasteiger partial charge in [-0.2, -0.15) is 0 Å². The minimum Gasteiger partial charge on any atom is -0.497 e. The molecule has 1 aliphatic rings. The number of rotatable bonds is 6. The Bertz CT molecular complexity index is 760. The minimum absolute atomic E-state index is 0.187. The number of carbonyl (C=O) groups excluding carboxylic acids is 1. The molecule has 0 unspecified atom stereocenters. The summed E-state index contributed by atoms with van der Waals surface area (Å²) in [5.41, 5.74) is 2.28. The molecule has 1 aromatic carbocycles. The fourth-order valence-electron chi connectivity index (χ4n) is 2.81. The first-order valence-electron chi connectivity index (χ1n) is 8.75. The molecule has 26 heavy (non-hydrogen) atoms. The van der Waals surface area contributed by atoms with Crippen LogP contribution in [-0.4, -0.2) is 55.8 Å². The molecule has 1 aliphatic heterocycles. The van der Waals surface area contributed by atoms with Crippen molar-refractivity contribution in [3.8, 4) is 5.75 Å². The Morgan fingerprint density at radius 1 is 1.27 bits per heavy atom. The molecular formula is C19H24N4O3. The van der Waals surface area contributed by atoms with Gasteiger partial charge in [-0.3, -0.25) is 4.79 Å². The number of ether oxygens (including phenoxy) is 2. The molecule has 2 heterocycles. The number of amides is 1. The molecule has 2 aromatic rings. The zero-order valence-corrected chi connectivity index (χ0v) is 15.2. The zero-order valence-electron chi connectivity index (χ0n) is 15.2. The van der Waals surface area contributed by atoms with Gasteiger partial charge in [0.15, 0.2) is 0 Å². The van der Waals surface area contributed by atoms with Crippen molar-refractivity contribution in [1.29, 1.82) is 0 Å². The summed E-state index contributed by atoms with van der Waals surface area (Å²) in [5, 5.41) is 2.93. The number of methoxy groups -OCH3 is 1. The van der Waals surface area contributed by atoms with E-state index in [9.17, 15) is 4.79 Å². The van der Waals surface area contributed by atoms with E-state index in [1.165, 1.54) is 0 Å². The van der Waals surface area contributed by atoms with Crippen molar-refractivity contribution >= 4 is 11.9 Å². The van der Waals surface area contributed by atoms with Crippen molar-refractivity contribution in [2.75, 3.05) is 44.9 Å². The molecule has 0 saturated carbocycles. The summed E-state index contributed by atoms with van der Waals surface area (Å²) in [4.78, 5) is 23.4. The van der Waals surface area contributed by atoms with E-state index in [0.29, 0.717) is 31.4 Å². The summed E-state index contributed by atoms with van der Waals surface area (Å²) in [6.07, 6.45) is 0.726. The SMILES string of the molecule is COc1cccc(CCNC(=O)c2cc(C)nc(N3CCOCC3)n2)c1. The maximum Gasteiger partial charge on any atom is 0.270 e. The number of nitrogens with zero attached hydrogens (tertiary/aromatic N) is 3. The number of nitrogens with one attached hydrogen (secondary N) is 1. The maximum atomic E-state index is 12.5.